The number of ether oxygens (including phenoxy) is 5. The van der Waals surface area contributed by atoms with E-state index < -0.39 is 65.7 Å². The molecule has 3 aromatic carbocycles. The molecule has 0 bridgehead atoms. The Morgan fingerprint density at radius 1 is 0.706 bits per heavy atom. The van der Waals surface area contributed by atoms with Gasteiger partial charge in [-0.05, 0) is 43.0 Å². The van der Waals surface area contributed by atoms with E-state index in [1.165, 1.54) is 12.1 Å². The van der Waals surface area contributed by atoms with Gasteiger partial charge in [0.2, 0.25) is 29.6 Å². The Balaban J connectivity index is 1.57. The highest BCUT2D eigenvalue weighted by atomic mass is 32.2. The Morgan fingerprint density at radius 2 is 1.20 bits per heavy atom. The Kier molecular flexibility index (Phi) is 16.0. The minimum atomic E-state index is -4.09. The highest BCUT2D eigenvalue weighted by Gasteiger charge is 2.26. The van der Waals surface area contributed by atoms with Gasteiger partial charge in [0.1, 0.15) is 6.04 Å². The van der Waals surface area contributed by atoms with E-state index >= 15 is 0 Å². The highest BCUT2D eigenvalue weighted by Crippen LogP contribution is 2.13. The molecule has 0 radical (unpaired) electrons. The highest BCUT2D eigenvalue weighted by molar-refractivity contribution is 7.89. The Morgan fingerprint density at radius 3 is 1.67 bits per heavy atom. The van der Waals surface area contributed by atoms with Crippen molar-refractivity contribution in [3.05, 3.63) is 102 Å². The molecule has 0 saturated heterocycles. The second-order valence-corrected chi connectivity index (χ2v) is 12.3. The molecule has 1 atom stereocenters. The van der Waals surface area contributed by atoms with Gasteiger partial charge in [-0.1, -0.05) is 78.4 Å². The number of aryl methyl sites for hydroxylation is 1. The molecule has 272 valence electrons. The molecule has 0 aromatic heterocycles. The van der Waals surface area contributed by atoms with Crippen LogP contribution in [0.25, 0.3) is 0 Å². The molecule has 0 aliphatic rings. The van der Waals surface area contributed by atoms with E-state index in [0.29, 0.717) is 11.1 Å². The molecule has 0 fully saturated rings. The van der Waals surface area contributed by atoms with Crippen LogP contribution in [0.3, 0.4) is 0 Å². The van der Waals surface area contributed by atoms with E-state index in [1.807, 2.05) is 0 Å². The number of hydrogen-bond donors (Lipinski definition) is 3. The molecular weight excluding hydrogens is 688 g/mol. The van der Waals surface area contributed by atoms with E-state index in [2.05, 4.69) is 20.3 Å². The lowest BCUT2D eigenvalue weighted by Crippen LogP contribution is -2.45. The van der Waals surface area contributed by atoms with Gasteiger partial charge in [0.05, 0.1) is 24.8 Å². The lowest BCUT2D eigenvalue weighted by atomic mass is 10.2. The van der Waals surface area contributed by atoms with Gasteiger partial charge in [0, 0.05) is 6.54 Å². The standard InChI is InChI=1S/C34H38N4O12S/c1-24-15-17-27(18-16-24)51(44,45)38-28(31(41)46-2)14-9-19-35-32(36-33(42)49-22-47-29(39)20-25-10-5-3-6-11-25)37-34(43)50-23-48-30(40)21-26-12-7-4-8-13-26/h3-8,10-13,15-18,28,38H,9,14,19-23H2,1-2H3,(H2,35,36,37,42,43). The largest absolute Gasteiger partial charge is 0.468 e. The van der Waals surface area contributed by atoms with Gasteiger partial charge in [-0.15, -0.1) is 0 Å². The second kappa shape index (κ2) is 20.6. The number of carbonyl (C=O) groups is 5. The maximum atomic E-state index is 12.9. The normalized spacial score (nSPS) is 11.3. The molecule has 0 aliphatic heterocycles. The summed E-state index contributed by atoms with van der Waals surface area (Å²) in [6.45, 7) is 0.125. The number of methoxy groups -OCH3 is 1. The fourth-order valence-corrected chi connectivity index (χ4v) is 5.35. The summed E-state index contributed by atoms with van der Waals surface area (Å²) in [5, 5.41) is 4.33. The van der Waals surface area contributed by atoms with Crippen LogP contribution < -0.4 is 15.4 Å². The number of sulfonamides is 1. The summed E-state index contributed by atoms with van der Waals surface area (Å²) in [5.41, 5.74) is 2.22. The summed E-state index contributed by atoms with van der Waals surface area (Å²) in [6.07, 6.45) is -2.49. The van der Waals surface area contributed by atoms with Crippen LogP contribution in [-0.4, -0.2) is 77.8 Å². The first-order valence-corrected chi connectivity index (χ1v) is 16.9. The van der Waals surface area contributed by atoms with Crippen molar-refractivity contribution in [3.63, 3.8) is 0 Å². The first kappa shape index (κ1) is 39.6. The van der Waals surface area contributed by atoms with E-state index in [4.69, 9.17) is 23.7 Å². The molecule has 0 aliphatic carbocycles. The first-order valence-electron chi connectivity index (χ1n) is 15.4. The van der Waals surface area contributed by atoms with Crippen LogP contribution in [0.1, 0.15) is 29.5 Å². The van der Waals surface area contributed by atoms with E-state index in [-0.39, 0.29) is 37.1 Å². The van der Waals surface area contributed by atoms with E-state index in [9.17, 15) is 32.4 Å². The summed E-state index contributed by atoms with van der Waals surface area (Å²) < 4.78 is 52.3. The van der Waals surface area contributed by atoms with Gasteiger partial charge in [-0.2, -0.15) is 4.72 Å². The zero-order valence-electron chi connectivity index (χ0n) is 27.9. The van der Waals surface area contributed by atoms with Crippen molar-refractivity contribution < 1.29 is 56.1 Å². The molecule has 0 spiro atoms. The third-order valence-electron chi connectivity index (χ3n) is 6.68. The predicted molar refractivity (Wildman–Crippen MR) is 180 cm³/mol. The van der Waals surface area contributed by atoms with Gasteiger partial charge in [0.15, 0.2) is 0 Å². The van der Waals surface area contributed by atoms with Crippen molar-refractivity contribution in [1.82, 2.24) is 15.4 Å². The van der Waals surface area contributed by atoms with Crippen LogP contribution in [0.4, 0.5) is 9.59 Å². The number of hydrogen-bond acceptors (Lipinski definition) is 13. The molecule has 3 N–H and O–H groups in total. The van der Waals surface area contributed by atoms with Crippen molar-refractivity contribution in [3.8, 4) is 0 Å². The molecule has 17 heteroatoms. The van der Waals surface area contributed by atoms with Crippen molar-refractivity contribution >= 4 is 46.1 Å². The lowest BCUT2D eigenvalue weighted by molar-refractivity contribution is -0.152. The number of benzene rings is 3. The number of guanidine groups is 1. The third kappa shape index (κ3) is 15.1. The summed E-state index contributed by atoms with van der Waals surface area (Å²) in [5.74, 6) is -2.65. The molecule has 1 unspecified atom stereocenters. The van der Waals surface area contributed by atoms with Crippen molar-refractivity contribution in [2.24, 2.45) is 4.99 Å². The number of esters is 3. The van der Waals surface area contributed by atoms with Gasteiger partial charge in [0.25, 0.3) is 0 Å². The summed E-state index contributed by atoms with van der Waals surface area (Å²) in [4.78, 5) is 65.4. The Hall–Kier alpha value is -5.81. The maximum absolute atomic E-state index is 12.9. The quantitative estimate of drug-likeness (QED) is 0.0485. The van der Waals surface area contributed by atoms with Crippen LogP contribution in [0.2, 0.25) is 0 Å². The summed E-state index contributed by atoms with van der Waals surface area (Å²) in [7, 11) is -2.98. The maximum Gasteiger partial charge on any atom is 0.416 e. The SMILES string of the molecule is COC(=O)C(CCCN=C(NC(=O)OCOC(=O)Cc1ccccc1)NC(=O)OCOC(=O)Cc1ccccc1)NS(=O)(=O)c1ccc(C)cc1. The van der Waals surface area contributed by atoms with Gasteiger partial charge in [-0.3, -0.25) is 30.0 Å². The monoisotopic (exact) mass is 726 g/mol. The van der Waals surface area contributed by atoms with E-state index in [0.717, 1.165) is 12.7 Å². The number of carbonyl (C=O) groups excluding carboxylic acids is 5. The fourth-order valence-electron chi connectivity index (χ4n) is 4.13. The number of nitrogens with one attached hydrogen (secondary N) is 3. The van der Waals surface area contributed by atoms with Crippen molar-refractivity contribution in [2.75, 3.05) is 27.2 Å². The minimum Gasteiger partial charge on any atom is -0.468 e. The van der Waals surface area contributed by atoms with E-state index in [1.54, 1.807) is 79.7 Å². The third-order valence-corrected chi connectivity index (χ3v) is 8.17. The van der Waals surface area contributed by atoms with Crippen molar-refractivity contribution in [2.45, 2.75) is 43.5 Å². The minimum absolute atomic E-state index is 0.0516. The zero-order chi connectivity index (χ0) is 37.1. The molecule has 16 nitrogen and oxygen atoms in total. The molecule has 0 saturated carbocycles. The van der Waals surface area contributed by atoms with Crippen LogP contribution in [0, 0.1) is 6.92 Å². The molecule has 3 rings (SSSR count). The van der Waals surface area contributed by atoms with Crippen LogP contribution in [0.5, 0.6) is 0 Å². The molecular formula is C34H38N4O12S. The van der Waals surface area contributed by atoms with Gasteiger partial charge >= 0.3 is 30.1 Å². The van der Waals surface area contributed by atoms with Crippen LogP contribution in [-0.2, 0) is 60.9 Å². The fraction of sp³-hybridized carbons (Fsp3) is 0.294. The number of alkyl carbamates (subject to hydrolysis) is 2. The summed E-state index contributed by atoms with van der Waals surface area (Å²) >= 11 is 0. The summed E-state index contributed by atoms with van der Waals surface area (Å²) in [6, 6.07) is 22.2. The molecule has 51 heavy (non-hydrogen) atoms. The second-order valence-electron chi connectivity index (χ2n) is 10.6. The predicted octanol–water partition coefficient (Wildman–Crippen LogP) is 2.89. The first-order chi connectivity index (χ1) is 24.4. The zero-order valence-corrected chi connectivity index (χ0v) is 28.7. The number of amides is 2. The lowest BCUT2D eigenvalue weighted by Gasteiger charge is -2.16. The number of nitrogens with zero attached hydrogens (tertiary/aromatic N) is 1. The molecule has 2 amide bonds. The van der Waals surface area contributed by atoms with Crippen LogP contribution in [0.15, 0.2) is 94.8 Å². The average Bonchev–Trinajstić information content (AvgIpc) is 3.10. The smallest absolute Gasteiger partial charge is 0.416 e. The Bertz CT molecular complexity index is 1680. The topological polar surface area (TPSA) is 214 Å². The van der Waals surface area contributed by atoms with Gasteiger partial charge in [-0.25, -0.2) is 18.0 Å². The average molecular weight is 727 g/mol. The number of aliphatic imine (C=N–C) groups is 1. The van der Waals surface area contributed by atoms with Gasteiger partial charge < -0.3 is 23.7 Å². The van der Waals surface area contributed by atoms with Crippen molar-refractivity contribution in [1.29, 1.82) is 0 Å². The molecule has 0 heterocycles. The van der Waals surface area contributed by atoms with Crippen LogP contribution >= 0.6 is 0 Å². The Labute approximate surface area is 294 Å². The molecule has 3 aromatic rings. The number of rotatable bonds is 16.